The molecular weight excluding hydrogens is 252 g/mol. The minimum absolute atomic E-state index is 0.0174. The van der Waals surface area contributed by atoms with Crippen LogP contribution in [0, 0.1) is 5.41 Å². The number of ether oxygens (including phenoxy) is 2. The van der Waals surface area contributed by atoms with Gasteiger partial charge in [-0.2, -0.15) is 5.48 Å². The Bertz CT molecular complexity index is 371. The van der Waals surface area contributed by atoms with Gasteiger partial charge in [0.15, 0.2) is 6.61 Å². The van der Waals surface area contributed by atoms with Crippen LogP contribution in [0.4, 0.5) is 0 Å². The second-order valence-corrected chi connectivity index (χ2v) is 4.67. The maximum Gasteiger partial charge on any atom is 0.344 e. The van der Waals surface area contributed by atoms with E-state index < -0.39 is 24.1 Å². The van der Waals surface area contributed by atoms with Crippen molar-refractivity contribution in [1.82, 2.24) is 5.48 Å². The minimum Gasteiger partial charge on any atom is -0.457 e. The number of nitrogens with one attached hydrogen (secondary N) is 2. The summed E-state index contributed by atoms with van der Waals surface area (Å²) in [6, 6.07) is 0. The topological polar surface area (TPSA) is 97.7 Å². The predicted molar refractivity (Wildman–Crippen MR) is 68.4 cm³/mol. The molecule has 0 aliphatic carbocycles. The van der Waals surface area contributed by atoms with Crippen molar-refractivity contribution in [3.63, 3.8) is 0 Å². The van der Waals surface area contributed by atoms with Crippen molar-refractivity contribution in [1.29, 1.82) is 5.41 Å². The van der Waals surface area contributed by atoms with Gasteiger partial charge in [-0.15, -0.1) is 0 Å². The second-order valence-electron chi connectivity index (χ2n) is 4.67. The summed E-state index contributed by atoms with van der Waals surface area (Å²) in [7, 11) is 1.48. The van der Waals surface area contributed by atoms with Gasteiger partial charge in [0.05, 0.1) is 6.42 Å². The summed E-state index contributed by atoms with van der Waals surface area (Å²) in [5, 5.41) is 7.30. The third-order valence-corrected chi connectivity index (χ3v) is 1.63. The molecule has 0 aliphatic heterocycles. The van der Waals surface area contributed by atoms with Crippen molar-refractivity contribution < 1.29 is 23.9 Å². The van der Waals surface area contributed by atoms with E-state index in [9.17, 15) is 9.59 Å². The van der Waals surface area contributed by atoms with Crippen molar-refractivity contribution in [2.45, 2.75) is 32.8 Å². The van der Waals surface area contributed by atoms with Crippen LogP contribution in [-0.2, 0) is 23.9 Å². The SMILES string of the molecule is C=C(CC(=N)ONC)C(=O)OCC(=O)OC(C)(C)C. The molecule has 108 valence electrons. The van der Waals surface area contributed by atoms with E-state index in [1.807, 2.05) is 0 Å². The average molecular weight is 272 g/mol. The fourth-order valence-corrected chi connectivity index (χ4v) is 1.02. The summed E-state index contributed by atoms with van der Waals surface area (Å²) >= 11 is 0. The summed E-state index contributed by atoms with van der Waals surface area (Å²) in [5.41, 5.74) is 1.68. The van der Waals surface area contributed by atoms with Gasteiger partial charge in [-0.3, -0.25) is 5.41 Å². The Morgan fingerprint density at radius 2 is 1.89 bits per heavy atom. The molecule has 0 saturated carbocycles. The Balaban J connectivity index is 4.07. The van der Waals surface area contributed by atoms with Crippen LogP contribution < -0.4 is 5.48 Å². The van der Waals surface area contributed by atoms with Crippen LogP contribution in [0.1, 0.15) is 27.2 Å². The Hall–Kier alpha value is -1.89. The molecule has 0 aromatic carbocycles. The molecule has 2 N–H and O–H groups in total. The summed E-state index contributed by atoms with van der Waals surface area (Å²) < 4.78 is 9.67. The molecule has 0 atom stereocenters. The summed E-state index contributed by atoms with van der Waals surface area (Å²) in [6.07, 6.45) is -0.103. The molecule has 7 nitrogen and oxygen atoms in total. The number of hydrogen-bond donors (Lipinski definition) is 2. The van der Waals surface area contributed by atoms with Gasteiger partial charge in [-0.05, 0) is 20.8 Å². The Morgan fingerprint density at radius 1 is 1.32 bits per heavy atom. The largest absolute Gasteiger partial charge is 0.457 e. The predicted octanol–water partition coefficient (Wildman–Crippen LogP) is 0.946. The highest BCUT2D eigenvalue weighted by Gasteiger charge is 2.19. The van der Waals surface area contributed by atoms with E-state index in [0.717, 1.165) is 0 Å². The number of hydrogen-bond acceptors (Lipinski definition) is 7. The smallest absolute Gasteiger partial charge is 0.344 e. The summed E-state index contributed by atoms with van der Waals surface area (Å²) in [4.78, 5) is 27.4. The number of carbonyl (C=O) groups is 2. The molecule has 7 heteroatoms. The number of esters is 2. The van der Waals surface area contributed by atoms with Crippen molar-refractivity contribution in [3.05, 3.63) is 12.2 Å². The molecule has 0 heterocycles. The first-order valence-corrected chi connectivity index (χ1v) is 5.63. The normalized spacial score (nSPS) is 10.5. The van der Waals surface area contributed by atoms with Crippen LogP contribution in [0.5, 0.6) is 0 Å². The zero-order valence-corrected chi connectivity index (χ0v) is 11.7. The number of hydroxylamine groups is 1. The monoisotopic (exact) mass is 272 g/mol. The lowest BCUT2D eigenvalue weighted by molar-refractivity contribution is -0.165. The minimum atomic E-state index is -0.768. The van der Waals surface area contributed by atoms with Gasteiger partial charge in [0.2, 0.25) is 5.90 Å². The molecule has 0 aromatic heterocycles. The quantitative estimate of drug-likeness (QED) is 0.245. The zero-order chi connectivity index (χ0) is 15.1. The third-order valence-electron chi connectivity index (χ3n) is 1.63. The van der Waals surface area contributed by atoms with Crippen molar-refractivity contribution >= 4 is 17.8 Å². The summed E-state index contributed by atoms with van der Waals surface area (Å²) in [6.45, 7) is 8.09. The van der Waals surface area contributed by atoms with E-state index in [2.05, 4.69) is 16.9 Å². The average Bonchev–Trinajstić information content (AvgIpc) is 2.23. The van der Waals surface area contributed by atoms with Crippen molar-refractivity contribution in [2.24, 2.45) is 0 Å². The molecule has 0 amide bonds. The van der Waals surface area contributed by atoms with E-state index in [-0.39, 0.29) is 17.9 Å². The Labute approximate surface area is 112 Å². The zero-order valence-electron chi connectivity index (χ0n) is 11.7. The highest BCUT2D eigenvalue weighted by atomic mass is 16.6. The first-order chi connectivity index (χ1) is 8.65. The maximum atomic E-state index is 11.5. The van der Waals surface area contributed by atoms with Crippen LogP contribution in [-0.4, -0.2) is 37.1 Å². The molecule has 0 radical (unpaired) electrons. The first-order valence-electron chi connectivity index (χ1n) is 5.63. The van der Waals surface area contributed by atoms with Crippen molar-refractivity contribution in [3.8, 4) is 0 Å². The van der Waals surface area contributed by atoms with Gasteiger partial charge >= 0.3 is 11.9 Å². The molecule has 0 bridgehead atoms. The van der Waals surface area contributed by atoms with Crippen LogP contribution in [0.25, 0.3) is 0 Å². The molecule has 0 aliphatic rings. The van der Waals surface area contributed by atoms with Gasteiger partial charge in [0.25, 0.3) is 0 Å². The Morgan fingerprint density at radius 3 is 2.37 bits per heavy atom. The molecule has 0 aromatic rings. The van der Waals surface area contributed by atoms with Crippen LogP contribution in [0.2, 0.25) is 0 Å². The van der Waals surface area contributed by atoms with Crippen LogP contribution in [0.15, 0.2) is 12.2 Å². The standard InChI is InChI=1S/C12H20N2O5/c1-8(6-9(13)19-14-5)11(16)17-7-10(15)18-12(2,3)4/h13-14H,1,6-7H2,2-5H3. The van der Waals surface area contributed by atoms with Gasteiger partial charge in [0, 0.05) is 12.6 Å². The third kappa shape index (κ3) is 8.78. The van der Waals surface area contributed by atoms with Crippen LogP contribution in [0.3, 0.4) is 0 Å². The maximum absolute atomic E-state index is 11.5. The van der Waals surface area contributed by atoms with Gasteiger partial charge in [-0.1, -0.05) is 6.58 Å². The lowest BCUT2D eigenvalue weighted by Crippen LogP contribution is -2.27. The molecule has 0 saturated heterocycles. The fraction of sp³-hybridized carbons (Fsp3) is 0.583. The van der Waals surface area contributed by atoms with Gasteiger partial charge in [0.1, 0.15) is 5.60 Å². The molecule has 0 spiro atoms. The first kappa shape index (κ1) is 17.1. The number of carbonyl (C=O) groups excluding carboxylic acids is 2. The highest BCUT2D eigenvalue weighted by Crippen LogP contribution is 2.08. The van der Waals surface area contributed by atoms with Gasteiger partial charge < -0.3 is 14.3 Å². The van der Waals surface area contributed by atoms with Crippen molar-refractivity contribution in [2.75, 3.05) is 13.7 Å². The van der Waals surface area contributed by atoms with E-state index in [4.69, 9.17) is 14.9 Å². The fourth-order valence-electron chi connectivity index (χ4n) is 1.02. The molecule has 0 rings (SSSR count). The molecule has 0 unspecified atom stereocenters. The van der Waals surface area contributed by atoms with Crippen LogP contribution >= 0.6 is 0 Å². The molecule has 0 fully saturated rings. The Kier molecular flexibility index (Phi) is 6.78. The molecule has 19 heavy (non-hydrogen) atoms. The summed E-state index contributed by atoms with van der Waals surface area (Å²) in [5.74, 6) is -1.59. The highest BCUT2D eigenvalue weighted by molar-refractivity contribution is 5.94. The van der Waals surface area contributed by atoms with E-state index >= 15 is 0 Å². The van der Waals surface area contributed by atoms with E-state index in [1.54, 1.807) is 20.8 Å². The van der Waals surface area contributed by atoms with Gasteiger partial charge in [-0.25, -0.2) is 9.59 Å². The lowest BCUT2D eigenvalue weighted by atomic mass is 10.2. The van der Waals surface area contributed by atoms with E-state index in [0.29, 0.717) is 0 Å². The second kappa shape index (κ2) is 7.52. The molecular formula is C12H20N2O5. The number of rotatable bonds is 6. The lowest BCUT2D eigenvalue weighted by Gasteiger charge is -2.19. The van der Waals surface area contributed by atoms with E-state index in [1.165, 1.54) is 7.05 Å².